The average Bonchev–Trinajstić information content (AvgIpc) is 3.01. The summed E-state index contributed by atoms with van der Waals surface area (Å²) in [5.74, 6) is 1.02. The summed E-state index contributed by atoms with van der Waals surface area (Å²) in [4.78, 5) is 4.37. The Morgan fingerprint density at radius 1 is 1.20 bits per heavy atom. The highest BCUT2D eigenvalue weighted by atomic mass is 79.9. The molecule has 5 nitrogen and oxygen atoms in total. The number of fused-ring (bicyclic) bond motifs is 1. The van der Waals surface area contributed by atoms with Crippen molar-refractivity contribution in [1.82, 2.24) is 14.8 Å². The summed E-state index contributed by atoms with van der Waals surface area (Å²) >= 11 is 3.56. The monoisotopic (exact) mass is 397 g/mol. The van der Waals surface area contributed by atoms with Crippen LogP contribution in [0.5, 0.6) is 0 Å². The number of halogens is 1. The van der Waals surface area contributed by atoms with Gasteiger partial charge in [0.2, 0.25) is 11.9 Å². The number of anilines is 2. The zero-order chi connectivity index (χ0) is 17.4. The Hall–Kier alpha value is -2.34. The van der Waals surface area contributed by atoms with E-state index in [1.165, 1.54) is 16.7 Å². The smallest absolute Gasteiger partial charge is 0.241 e. The van der Waals surface area contributed by atoms with Gasteiger partial charge in [-0.25, -0.2) is 4.68 Å². The predicted octanol–water partition coefficient (Wildman–Crippen LogP) is 4.33. The van der Waals surface area contributed by atoms with Gasteiger partial charge in [0.15, 0.2) is 0 Å². The van der Waals surface area contributed by atoms with Gasteiger partial charge in [-0.05, 0) is 41.7 Å². The number of aryl methyl sites for hydroxylation is 1. The van der Waals surface area contributed by atoms with Gasteiger partial charge in [-0.1, -0.05) is 59.3 Å². The van der Waals surface area contributed by atoms with Crippen molar-refractivity contribution < 1.29 is 0 Å². The number of hydrogen-bond donors (Lipinski definition) is 2. The van der Waals surface area contributed by atoms with Crippen LogP contribution in [0.4, 0.5) is 11.9 Å². The van der Waals surface area contributed by atoms with Gasteiger partial charge in [-0.2, -0.15) is 4.98 Å². The predicted molar refractivity (Wildman–Crippen MR) is 104 cm³/mol. The number of benzene rings is 2. The van der Waals surface area contributed by atoms with E-state index in [1.54, 1.807) is 0 Å². The number of rotatable bonds is 3. The molecule has 1 aromatic heterocycles. The summed E-state index contributed by atoms with van der Waals surface area (Å²) in [6, 6.07) is 17.4. The van der Waals surface area contributed by atoms with Crippen molar-refractivity contribution in [2.45, 2.75) is 31.8 Å². The summed E-state index contributed by atoms with van der Waals surface area (Å²) in [7, 11) is 0. The molecule has 6 heteroatoms. The van der Waals surface area contributed by atoms with Crippen molar-refractivity contribution in [3.63, 3.8) is 0 Å². The van der Waals surface area contributed by atoms with Crippen LogP contribution in [0, 0.1) is 0 Å². The lowest BCUT2D eigenvalue weighted by Gasteiger charge is -2.31. The summed E-state index contributed by atoms with van der Waals surface area (Å²) < 4.78 is 2.95. The van der Waals surface area contributed by atoms with Crippen LogP contribution >= 0.6 is 15.9 Å². The molecule has 0 spiro atoms. The largest absolute Gasteiger partial charge is 0.366 e. The van der Waals surface area contributed by atoms with Gasteiger partial charge in [-0.3, -0.25) is 0 Å². The van der Waals surface area contributed by atoms with Crippen LogP contribution in [0.25, 0.3) is 0 Å². The minimum Gasteiger partial charge on any atom is -0.366 e. The molecule has 3 aromatic rings. The zero-order valence-corrected chi connectivity index (χ0v) is 15.6. The van der Waals surface area contributed by atoms with Crippen LogP contribution in [-0.4, -0.2) is 14.8 Å². The molecule has 0 aliphatic carbocycles. The highest BCUT2D eigenvalue weighted by Crippen LogP contribution is 2.38. The Bertz CT molecular complexity index is 887. The fourth-order valence-corrected chi connectivity index (χ4v) is 3.81. The lowest BCUT2D eigenvalue weighted by Crippen LogP contribution is -2.28. The van der Waals surface area contributed by atoms with Crippen molar-refractivity contribution in [1.29, 1.82) is 0 Å². The summed E-state index contributed by atoms with van der Waals surface area (Å²) in [5, 5.41) is 7.88. The van der Waals surface area contributed by atoms with Crippen LogP contribution in [-0.2, 0) is 6.42 Å². The van der Waals surface area contributed by atoms with E-state index < -0.39 is 0 Å². The number of hydrogen-bond acceptors (Lipinski definition) is 4. The van der Waals surface area contributed by atoms with Crippen molar-refractivity contribution in [3.8, 4) is 0 Å². The van der Waals surface area contributed by atoms with Crippen LogP contribution in [0.3, 0.4) is 0 Å². The Balaban J connectivity index is 1.73. The molecule has 2 aromatic carbocycles. The molecule has 1 aliphatic heterocycles. The van der Waals surface area contributed by atoms with Gasteiger partial charge >= 0.3 is 0 Å². The van der Waals surface area contributed by atoms with Gasteiger partial charge in [0.05, 0.1) is 12.1 Å². The Kier molecular flexibility index (Phi) is 4.21. The quantitative estimate of drug-likeness (QED) is 0.689. The van der Waals surface area contributed by atoms with Crippen molar-refractivity contribution in [2.24, 2.45) is 0 Å². The van der Waals surface area contributed by atoms with Crippen LogP contribution in [0.15, 0.2) is 53.0 Å². The first-order valence-electron chi connectivity index (χ1n) is 8.47. The molecular formula is C19H20BrN5. The zero-order valence-electron chi connectivity index (χ0n) is 14.0. The summed E-state index contributed by atoms with van der Waals surface area (Å²) in [6.07, 6.45) is 1.93. The standard InChI is InChI=1S/C19H20BrN5/c1-2-12-6-8-13(9-7-12)16-11-17(14-4-3-5-15(20)10-14)25-19(22-16)23-18(21)24-25/h3-10,16-17H,2,11H2,1H3,(H3,21,22,23,24)/t16-,17+/m0/s1. The molecule has 0 saturated carbocycles. The Morgan fingerprint density at radius 3 is 2.72 bits per heavy atom. The maximum Gasteiger partial charge on any atom is 0.241 e. The second-order valence-electron chi connectivity index (χ2n) is 6.34. The minimum atomic E-state index is 0.0920. The molecule has 0 fully saturated rings. The number of nitrogen functional groups attached to an aromatic ring is 1. The van der Waals surface area contributed by atoms with Gasteiger partial charge in [0.1, 0.15) is 0 Å². The maximum atomic E-state index is 5.86. The minimum absolute atomic E-state index is 0.0920. The SMILES string of the molecule is CCc1ccc([C@@H]2C[C@H](c3cccc(Br)c3)n3nc(N)nc3N2)cc1. The van der Waals surface area contributed by atoms with Gasteiger partial charge in [0.25, 0.3) is 0 Å². The lowest BCUT2D eigenvalue weighted by molar-refractivity contribution is 0.431. The third kappa shape index (κ3) is 3.14. The molecule has 0 bridgehead atoms. The molecule has 128 valence electrons. The Morgan fingerprint density at radius 2 is 2.00 bits per heavy atom. The average molecular weight is 398 g/mol. The first-order valence-corrected chi connectivity index (χ1v) is 9.26. The van der Waals surface area contributed by atoms with E-state index in [1.807, 2.05) is 16.8 Å². The lowest BCUT2D eigenvalue weighted by atomic mass is 9.93. The molecule has 4 rings (SSSR count). The molecule has 0 saturated heterocycles. The second-order valence-corrected chi connectivity index (χ2v) is 7.25. The van der Waals surface area contributed by atoms with Crippen LogP contribution in [0.1, 0.15) is 42.1 Å². The molecule has 0 amide bonds. The maximum absolute atomic E-state index is 5.86. The van der Waals surface area contributed by atoms with E-state index in [-0.39, 0.29) is 12.1 Å². The molecule has 1 aliphatic rings. The number of nitrogens with one attached hydrogen (secondary N) is 1. The van der Waals surface area contributed by atoms with E-state index in [2.05, 4.69) is 74.7 Å². The first kappa shape index (κ1) is 16.1. The van der Waals surface area contributed by atoms with E-state index in [9.17, 15) is 0 Å². The molecule has 2 heterocycles. The van der Waals surface area contributed by atoms with E-state index in [4.69, 9.17) is 5.73 Å². The fraction of sp³-hybridized carbons (Fsp3) is 0.263. The fourth-order valence-electron chi connectivity index (χ4n) is 3.39. The number of nitrogens with two attached hydrogens (primary N) is 1. The van der Waals surface area contributed by atoms with Crippen molar-refractivity contribution >= 4 is 27.8 Å². The molecule has 2 atom stereocenters. The van der Waals surface area contributed by atoms with Crippen molar-refractivity contribution in [2.75, 3.05) is 11.1 Å². The molecule has 0 radical (unpaired) electrons. The molecule has 25 heavy (non-hydrogen) atoms. The van der Waals surface area contributed by atoms with Crippen molar-refractivity contribution in [3.05, 3.63) is 69.7 Å². The van der Waals surface area contributed by atoms with E-state index >= 15 is 0 Å². The van der Waals surface area contributed by atoms with Crippen LogP contribution in [0.2, 0.25) is 0 Å². The Labute approximate surface area is 155 Å². The normalized spacial score (nSPS) is 19.3. The van der Waals surface area contributed by atoms with Crippen LogP contribution < -0.4 is 11.1 Å². The summed E-state index contributed by atoms with van der Waals surface area (Å²) in [5.41, 5.74) is 9.65. The topological polar surface area (TPSA) is 68.8 Å². The second kappa shape index (κ2) is 6.52. The third-order valence-electron chi connectivity index (χ3n) is 4.73. The molecular weight excluding hydrogens is 378 g/mol. The third-order valence-corrected chi connectivity index (χ3v) is 5.22. The summed E-state index contributed by atoms with van der Waals surface area (Å²) in [6.45, 7) is 2.17. The van der Waals surface area contributed by atoms with E-state index in [0.29, 0.717) is 5.95 Å². The van der Waals surface area contributed by atoms with E-state index in [0.717, 1.165) is 23.3 Å². The van der Waals surface area contributed by atoms with Gasteiger partial charge in [0, 0.05) is 4.47 Å². The molecule has 3 N–H and O–H groups in total. The molecule has 0 unspecified atom stereocenters. The number of aromatic nitrogens is 3. The van der Waals surface area contributed by atoms with Gasteiger partial charge in [-0.15, -0.1) is 5.10 Å². The first-order chi connectivity index (χ1) is 12.1. The highest BCUT2D eigenvalue weighted by Gasteiger charge is 2.30. The highest BCUT2D eigenvalue weighted by molar-refractivity contribution is 9.10. The number of nitrogens with zero attached hydrogens (tertiary/aromatic N) is 3. The van der Waals surface area contributed by atoms with Gasteiger partial charge < -0.3 is 11.1 Å².